The summed E-state index contributed by atoms with van der Waals surface area (Å²) in [5.41, 5.74) is 1.73. The molecular formula is C18H15BrO3. The molecule has 3 rings (SSSR count). The number of aliphatic hydroxyl groups excluding tert-OH is 1. The Hall–Kier alpha value is -1.75. The highest BCUT2D eigenvalue weighted by Crippen LogP contribution is 2.32. The molecule has 2 aromatic carbocycles. The van der Waals surface area contributed by atoms with Crippen molar-refractivity contribution in [3.8, 4) is 11.1 Å². The molecule has 3 nitrogen and oxygen atoms in total. The van der Waals surface area contributed by atoms with Gasteiger partial charge in [-0.15, -0.1) is 0 Å². The minimum atomic E-state index is -1.15. The summed E-state index contributed by atoms with van der Waals surface area (Å²) in [6.07, 6.45) is 1.66. The molecule has 0 bridgehead atoms. The van der Waals surface area contributed by atoms with E-state index in [1.54, 1.807) is 6.92 Å². The summed E-state index contributed by atoms with van der Waals surface area (Å²) >= 11 is 3.42. The Balaban J connectivity index is 1.93. The number of hydrogen-bond acceptors (Lipinski definition) is 3. The van der Waals surface area contributed by atoms with Crippen LogP contribution >= 0.6 is 15.9 Å². The summed E-state index contributed by atoms with van der Waals surface area (Å²) < 4.78 is 6.48. The lowest BCUT2D eigenvalue weighted by molar-refractivity contribution is -0.177. The van der Waals surface area contributed by atoms with E-state index in [-0.39, 0.29) is 5.78 Å². The van der Waals surface area contributed by atoms with Crippen LogP contribution in [0.3, 0.4) is 0 Å². The van der Waals surface area contributed by atoms with Gasteiger partial charge in [-0.3, -0.25) is 4.79 Å². The number of halogens is 1. The molecule has 0 aliphatic carbocycles. The van der Waals surface area contributed by atoms with Crippen LogP contribution in [0.5, 0.6) is 0 Å². The van der Waals surface area contributed by atoms with E-state index in [1.165, 1.54) is 12.2 Å². The number of carbonyl (C=O) groups excluding carboxylic acids is 1. The molecule has 2 atom stereocenters. The van der Waals surface area contributed by atoms with Crippen LogP contribution < -0.4 is 0 Å². The molecule has 1 aliphatic rings. The number of hydrogen-bond donors (Lipinski definition) is 1. The number of ether oxygens (including phenoxy) is 1. The summed E-state index contributed by atoms with van der Waals surface area (Å²) in [5.74, 6) is -0.172. The van der Waals surface area contributed by atoms with Gasteiger partial charge in [0.1, 0.15) is 0 Å². The SMILES string of the molecule is C[C@@]1(c2ccc(-c3ccc(Br)cc3)cc2)O[C@@H](O)C=CC1=O. The molecule has 0 fully saturated rings. The van der Waals surface area contributed by atoms with Gasteiger partial charge in [-0.2, -0.15) is 0 Å². The Morgan fingerprint density at radius 3 is 2.18 bits per heavy atom. The molecule has 112 valence electrons. The Labute approximate surface area is 137 Å². The molecular weight excluding hydrogens is 344 g/mol. The molecule has 1 aliphatic heterocycles. The first kappa shape index (κ1) is 15.2. The Morgan fingerprint density at radius 1 is 1.05 bits per heavy atom. The van der Waals surface area contributed by atoms with Gasteiger partial charge in [0.25, 0.3) is 0 Å². The zero-order valence-corrected chi connectivity index (χ0v) is 13.6. The van der Waals surface area contributed by atoms with Gasteiger partial charge in [-0.1, -0.05) is 52.3 Å². The van der Waals surface area contributed by atoms with Crippen LogP contribution in [0.25, 0.3) is 11.1 Å². The van der Waals surface area contributed by atoms with Crippen molar-refractivity contribution in [3.63, 3.8) is 0 Å². The first-order chi connectivity index (χ1) is 10.5. The van der Waals surface area contributed by atoms with Crippen LogP contribution in [0.2, 0.25) is 0 Å². The Morgan fingerprint density at radius 2 is 1.59 bits per heavy atom. The summed E-state index contributed by atoms with van der Waals surface area (Å²) in [6, 6.07) is 15.6. The second-order valence-electron chi connectivity index (χ2n) is 5.35. The third kappa shape index (κ3) is 2.77. The van der Waals surface area contributed by atoms with Crippen molar-refractivity contribution >= 4 is 21.7 Å². The van der Waals surface area contributed by atoms with Crippen LogP contribution in [-0.4, -0.2) is 17.2 Å². The van der Waals surface area contributed by atoms with E-state index >= 15 is 0 Å². The third-order valence-corrected chi connectivity index (χ3v) is 4.38. The van der Waals surface area contributed by atoms with Crippen molar-refractivity contribution < 1.29 is 14.6 Å². The van der Waals surface area contributed by atoms with Crippen molar-refractivity contribution in [3.05, 3.63) is 70.7 Å². The summed E-state index contributed by atoms with van der Waals surface area (Å²) in [6.45, 7) is 1.68. The van der Waals surface area contributed by atoms with E-state index < -0.39 is 11.9 Å². The van der Waals surface area contributed by atoms with Crippen LogP contribution in [0, 0.1) is 0 Å². The Bertz CT molecular complexity index is 719. The summed E-state index contributed by atoms with van der Waals surface area (Å²) in [7, 11) is 0. The first-order valence-corrected chi connectivity index (χ1v) is 7.73. The maximum atomic E-state index is 12.1. The Kier molecular flexibility index (Phi) is 4.00. The number of benzene rings is 2. The van der Waals surface area contributed by atoms with Crippen molar-refractivity contribution in [1.82, 2.24) is 0 Å². The molecule has 0 aromatic heterocycles. The largest absolute Gasteiger partial charge is 0.365 e. The minimum Gasteiger partial charge on any atom is -0.365 e. The molecule has 4 heteroatoms. The van der Waals surface area contributed by atoms with Gasteiger partial charge >= 0.3 is 0 Å². The maximum Gasteiger partial charge on any atom is 0.191 e. The molecule has 0 radical (unpaired) electrons. The molecule has 1 N–H and O–H groups in total. The molecule has 1 heterocycles. The van der Waals surface area contributed by atoms with Gasteiger partial charge in [0.05, 0.1) is 0 Å². The van der Waals surface area contributed by atoms with Crippen LogP contribution in [0.4, 0.5) is 0 Å². The molecule has 0 unspecified atom stereocenters. The average Bonchev–Trinajstić information content (AvgIpc) is 2.52. The number of carbonyl (C=O) groups is 1. The average molecular weight is 359 g/mol. The van der Waals surface area contributed by atoms with E-state index in [0.29, 0.717) is 0 Å². The first-order valence-electron chi connectivity index (χ1n) is 6.94. The van der Waals surface area contributed by atoms with E-state index in [0.717, 1.165) is 21.2 Å². The maximum absolute atomic E-state index is 12.1. The van der Waals surface area contributed by atoms with Crippen molar-refractivity contribution in [1.29, 1.82) is 0 Å². The van der Waals surface area contributed by atoms with Gasteiger partial charge < -0.3 is 9.84 Å². The number of aliphatic hydroxyl groups is 1. The van der Waals surface area contributed by atoms with Gasteiger partial charge in [-0.25, -0.2) is 0 Å². The van der Waals surface area contributed by atoms with Gasteiger partial charge in [0.2, 0.25) is 0 Å². The van der Waals surface area contributed by atoms with Crippen molar-refractivity contribution in [2.75, 3.05) is 0 Å². The predicted octanol–water partition coefficient (Wildman–Crippen LogP) is 3.81. The minimum absolute atomic E-state index is 0.172. The molecule has 22 heavy (non-hydrogen) atoms. The van der Waals surface area contributed by atoms with Crippen molar-refractivity contribution in [2.45, 2.75) is 18.8 Å². The zero-order chi connectivity index (χ0) is 15.7. The van der Waals surface area contributed by atoms with Crippen LogP contribution in [0.15, 0.2) is 65.2 Å². The quantitative estimate of drug-likeness (QED) is 0.887. The second kappa shape index (κ2) is 5.80. The smallest absolute Gasteiger partial charge is 0.191 e. The van der Waals surface area contributed by atoms with Gasteiger partial charge in [-0.05, 0) is 47.9 Å². The second-order valence-corrected chi connectivity index (χ2v) is 6.26. The summed E-state index contributed by atoms with van der Waals surface area (Å²) in [5, 5.41) is 9.62. The van der Waals surface area contributed by atoms with Crippen LogP contribution in [0.1, 0.15) is 12.5 Å². The van der Waals surface area contributed by atoms with E-state index in [2.05, 4.69) is 15.9 Å². The molecule has 0 spiro atoms. The lowest BCUT2D eigenvalue weighted by Crippen LogP contribution is -2.40. The lowest BCUT2D eigenvalue weighted by atomic mass is 9.88. The van der Waals surface area contributed by atoms with Crippen LogP contribution in [-0.2, 0) is 15.1 Å². The van der Waals surface area contributed by atoms with Crippen molar-refractivity contribution in [2.24, 2.45) is 0 Å². The highest BCUT2D eigenvalue weighted by atomic mass is 79.9. The monoisotopic (exact) mass is 358 g/mol. The fraction of sp³-hybridized carbons (Fsp3) is 0.167. The summed E-state index contributed by atoms with van der Waals surface area (Å²) in [4.78, 5) is 12.1. The molecule has 0 saturated carbocycles. The third-order valence-electron chi connectivity index (χ3n) is 3.85. The van der Waals surface area contributed by atoms with E-state index in [9.17, 15) is 9.90 Å². The standard InChI is InChI=1S/C18H15BrO3/c1-18(16(20)10-11-17(21)22-18)14-6-2-12(3-7-14)13-4-8-15(19)9-5-13/h2-11,17,21H,1H3/t17-,18+/m1/s1. The van der Waals surface area contributed by atoms with Gasteiger partial charge in [0.15, 0.2) is 17.7 Å². The topological polar surface area (TPSA) is 46.5 Å². The normalized spacial score (nSPS) is 24.5. The van der Waals surface area contributed by atoms with E-state index in [4.69, 9.17) is 4.74 Å². The fourth-order valence-corrected chi connectivity index (χ4v) is 2.77. The lowest BCUT2D eigenvalue weighted by Gasteiger charge is -2.32. The number of ketones is 1. The predicted molar refractivity (Wildman–Crippen MR) is 88.2 cm³/mol. The van der Waals surface area contributed by atoms with E-state index in [1.807, 2.05) is 48.5 Å². The zero-order valence-electron chi connectivity index (χ0n) is 12.0. The number of rotatable bonds is 2. The highest BCUT2D eigenvalue weighted by molar-refractivity contribution is 9.10. The fourth-order valence-electron chi connectivity index (χ4n) is 2.50. The molecule has 0 amide bonds. The highest BCUT2D eigenvalue weighted by Gasteiger charge is 2.38. The molecule has 2 aromatic rings. The molecule has 0 saturated heterocycles. The van der Waals surface area contributed by atoms with Gasteiger partial charge in [0, 0.05) is 4.47 Å².